The van der Waals surface area contributed by atoms with Crippen LogP contribution in [0.15, 0.2) is 18.2 Å². The van der Waals surface area contributed by atoms with Gasteiger partial charge in [-0.05, 0) is 49.9 Å². The molecule has 1 heterocycles. The lowest BCUT2D eigenvalue weighted by atomic mass is 10.1. The van der Waals surface area contributed by atoms with Crippen molar-refractivity contribution in [3.05, 3.63) is 23.8 Å². The Kier molecular flexibility index (Phi) is 3.95. The maximum absolute atomic E-state index is 12.1. The van der Waals surface area contributed by atoms with Crippen LogP contribution in [0, 0.1) is 12.8 Å². The lowest BCUT2D eigenvalue weighted by Gasteiger charge is -2.19. The summed E-state index contributed by atoms with van der Waals surface area (Å²) in [6.45, 7) is 2.79. The van der Waals surface area contributed by atoms with Crippen molar-refractivity contribution in [3.8, 4) is 0 Å². The Morgan fingerprint density at radius 3 is 2.62 bits per heavy atom. The number of hydrogen-bond acceptors (Lipinski definition) is 2. The molecule has 3 rings (SSSR count). The van der Waals surface area contributed by atoms with Gasteiger partial charge >= 0.3 is 0 Å². The highest BCUT2D eigenvalue weighted by atomic mass is 16.2. The van der Waals surface area contributed by atoms with E-state index in [0.717, 1.165) is 55.6 Å². The summed E-state index contributed by atoms with van der Waals surface area (Å²) in [5.41, 5.74) is 2.84. The molecule has 1 aliphatic carbocycles. The second kappa shape index (κ2) is 5.88. The van der Waals surface area contributed by atoms with Crippen molar-refractivity contribution in [1.82, 2.24) is 0 Å². The normalized spacial score (nSPS) is 19.3. The van der Waals surface area contributed by atoms with Crippen LogP contribution in [0.1, 0.15) is 44.1 Å². The molecule has 0 bridgehead atoms. The van der Waals surface area contributed by atoms with E-state index in [0.29, 0.717) is 6.42 Å². The number of amides is 2. The molecule has 1 aromatic carbocycles. The summed E-state index contributed by atoms with van der Waals surface area (Å²) in [5.74, 6) is 0.503. The third-order valence-corrected chi connectivity index (χ3v) is 4.55. The molecule has 0 unspecified atom stereocenters. The van der Waals surface area contributed by atoms with Gasteiger partial charge in [-0.25, -0.2) is 0 Å². The molecular weight excluding hydrogens is 264 g/mol. The van der Waals surface area contributed by atoms with E-state index in [9.17, 15) is 9.59 Å². The van der Waals surface area contributed by atoms with E-state index in [1.807, 2.05) is 30.0 Å². The molecule has 1 saturated carbocycles. The average Bonchev–Trinajstić information content (AvgIpc) is 3.10. The summed E-state index contributed by atoms with van der Waals surface area (Å²) in [5, 5.41) is 3.01. The minimum Gasteiger partial charge on any atom is -0.326 e. The molecule has 112 valence electrons. The zero-order chi connectivity index (χ0) is 14.8. The third-order valence-electron chi connectivity index (χ3n) is 4.55. The van der Waals surface area contributed by atoms with Gasteiger partial charge in [0.05, 0.1) is 0 Å². The maximum Gasteiger partial charge on any atom is 0.227 e. The molecule has 1 N–H and O–H groups in total. The molecule has 21 heavy (non-hydrogen) atoms. The minimum atomic E-state index is 0.136. The highest BCUT2D eigenvalue weighted by molar-refractivity contribution is 5.97. The second-order valence-corrected chi connectivity index (χ2v) is 6.12. The highest BCUT2D eigenvalue weighted by Crippen LogP contribution is 2.29. The number of nitrogens with zero attached hydrogens (tertiary/aromatic N) is 1. The number of anilines is 2. The van der Waals surface area contributed by atoms with Gasteiger partial charge in [-0.15, -0.1) is 0 Å². The number of carbonyl (C=O) groups excluding carboxylic acids is 2. The van der Waals surface area contributed by atoms with Crippen molar-refractivity contribution in [2.45, 2.75) is 45.4 Å². The molecule has 1 aliphatic heterocycles. The van der Waals surface area contributed by atoms with Crippen molar-refractivity contribution in [1.29, 1.82) is 0 Å². The van der Waals surface area contributed by atoms with Gasteiger partial charge in [0.25, 0.3) is 0 Å². The van der Waals surface area contributed by atoms with Gasteiger partial charge in [0.2, 0.25) is 11.8 Å². The third kappa shape index (κ3) is 2.94. The fourth-order valence-electron chi connectivity index (χ4n) is 3.37. The zero-order valence-electron chi connectivity index (χ0n) is 12.5. The summed E-state index contributed by atoms with van der Waals surface area (Å²) in [6.07, 6.45) is 5.90. The first-order valence-electron chi connectivity index (χ1n) is 7.87. The van der Waals surface area contributed by atoms with Gasteiger partial charge in [0, 0.05) is 30.3 Å². The van der Waals surface area contributed by atoms with Crippen LogP contribution in [0.5, 0.6) is 0 Å². The van der Waals surface area contributed by atoms with Crippen LogP contribution in [0.3, 0.4) is 0 Å². The molecular formula is C17H22N2O2. The molecule has 2 aliphatic rings. The van der Waals surface area contributed by atoms with E-state index < -0.39 is 0 Å². The van der Waals surface area contributed by atoms with Crippen LogP contribution < -0.4 is 10.2 Å². The Hall–Kier alpha value is -1.84. The van der Waals surface area contributed by atoms with Crippen molar-refractivity contribution >= 4 is 23.2 Å². The smallest absolute Gasteiger partial charge is 0.227 e. The van der Waals surface area contributed by atoms with Crippen LogP contribution in [0.2, 0.25) is 0 Å². The van der Waals surface area contributed by atoms with Gasteiger partial charge in [0.15, 0.2) is 0 Å². The molecule has 0 radical (unpaired) electrons. The fraction of sp³-hybridized carbons (Fsp3) is 0.529. The lowest BCUT2D eigenvalue weighted by Crippen LogP contribution is -2.25. The number of rotatable bonds is 3. The van der Waals surface area contributed by atoms with E-state index in [-0.39, 0.29) is 17.7 Å². The lowest BCUT2D eigenvalue weighted by molar-refractivity contribution is -0.119. The summed E-state index contributed by atoms with van der Waals surface area (Å²) in [7, 11) is 0. The Balaban J connectivity index is 1.71. The van der Waals surface area contributed by atoms with Crippen LogP contribution in [0.4, 0.5) is 11.4 Å². The Morgan fingerprint density at radius 1 is 1.24 bits per heavy atom. The molecule has 0 aromatic heterocycles. The van der Waals surface area contributed by atoms with Crippen molar-refractivity contribution < 1.29 is 9.59 Å². The Bertz CT molecular complexity index is 562. The Morgan fingerprint density at radius 2 is 2.00 bits per heavy atom. The van der Waals surface area contributed by atoms with Crippen molar-refractivity contribution in [3.63, 3.8) is 0 Å². The van der Waals surface area contributed by atoms with Gasteiger partial charge in [-0.1, -0.05) is 12.8 Å². The van der Waals surface area contributed by atoms with Crippen molar-refractivity contribution in [2.24, 2.45) is 5.92 Å². The van der Waals surface area contributed by atoms with E-state index >= 15 is 0 Å². The molecule has 4 nitrogen and oxygen atoms in total. The first-order valence-corrected chi connectivity index (χ1v) is 7.87. The summed E-state index contributed by atoms with van der Waals surface area (Å²) in [4.78, 5) is 25.8. The highest BCUT2D eigenvalue weighted by Gasteiger charge is 2.24. The van der Waals surface area contributed by atoms with E-state index in [1.54, 1.807) is 0 Å². The van der Waals surface area contributed by atoms with E-state index in [2.05, 4.69) is 5.32 Å². The molecule has 4 heteroatoms. The SMILES string of the molecule is Cc1cc(NC(=O)C2CCCC2)ccc1N1CCCC1=O. The molecule has 1 saturated heterocycles. The fourth-order valence-corrected chi connectivity index (χ4v) is 3.37. The first kappa shape index (κ1) is 14.1. The van der Waals surface area contributed by atoms with Crippen LogP contribution in [-0.4, -0.2) is 18.4 Å². The predicted octanol–water partition coefficient (Wildman–Crippen LogP) is 3.25. The largest absolute Gasteiger partial charge is 0.326 e. The summed E-state index contributed by atoms with van der Waals surface area (Å²) < 4.78 is 0. The molecule has 0 spiro atoms. The number of aryl methyl sites for hydroxylation is 1. The minimum absolute atomic E-state index is 0.136. The van der Waals surface area contributed by atoms with Gasteiger partial charge in [-0.3, -0.25) is 9.59 Å². The van der Waals surface area contributed by atoms with Gasteiger partial charge < -0.3 is 10.2 Å². The van der Waals surface area contributed by atoms with Crippen LogP contribution in [0.25, 0.3) is 0 Å². The average molecular weight is 286 g/mol. The Labute approximate surface area is 125 Å². The van der Waals surface area contributed by atoms with Gasteiger partial charge in [-0.2, -0.15) is 0 Å². The number of nitrogens with one attached hydrogen (secondary N) is 1. The zero-order valence-corrected chi connectivity index (χ0v) is 12.5. The van der Waals surface area contributed by atoms with Crippen LogP contribution >= 0.6 is 0 Å². The second-order valence-electron chi connectivity index (χ2n) is 6.12. The molecule has 1 aromatic rings. The monoisotopic (exact) mass is 286 g/mol. The number of carbonyl (C=O) groups is 2. The molecule has 2 fully saturated rings. The van der Waals surface area contributed by atoms with E-state index in [4.69, 9.17) is 0 Å². The predicted molar refractivity (Wildman–Crippen MR) is 83.4 cm³/mol. The topological polar surface area (TPSA) is 49.4 Å². The molecule has 2 amide bonds. The quantitative estimate of drug-likeness (QED) is 0.927. The van der Waals surface area contributed by atoms with Gasteiger partial charge in [0.1, 0.15) is 0 Å². The molecule has 0 atom stereocenters. The number of benzene rings is 1. The standard InChI is InChI=1S/C17H22N2O2/c1-12-11-14(18-17(21)13-5-2-3-6-13)8-9-15(12)19-10-4-7-16(19)20/h8-9,11,13H,2-7,10H2,1H3,(H,18,21). The summed E-state index contributed by atoms with van der Waals surface area (Å²) in [6, 6.07) is 5.82. The van der Waals surface area contributed by atoms with E-state index in [1.165, 1.54) is 0 Å². The summed E-state index contributed by atoms with van der Waals surface area (Å²) >= 11 is 0. The number of hydrogen-bond donors (Lipinski definition) is 1. The van der Waals surface area contributed by atoms with Crippen LogP contribution in [-0.2, 0) is 9.59 Å². The maximum atomic E-state index is 12.1. The van der Waals surface area contributed by atoms with Crippen molar-refractivity contribution in [2.75, 3.05) is 16.8 Å². The first-order chi connectivity index (χ1) is 10.1.